The average Bonchev–Trinajstić information content (AvgIpc) is 2.23. The molecule has 106 valence electrons. The summed E-state index contributed by atoms with van der Waals surface area (Å²) in [6, 6.07) is 1.35. The number of halogens is 1. The van der Waals surface area contributed by atoms with E-state index in [0.717, 1.165) is 39.0 Å². The van der Waals surface area contributed by atoms with Gasteiger partial charge in [-0.25, -0.2) is 3.11 Å². The van der Waals surface area contributed by atoms with Crippen molar-refractivity contribution in [3.8, 4) is 0 Å². The Labute approximate surface area is 124 Å². The lowest BCUT2D eigenvalue weighted by atomic mass is 9.88. The van der Waals surface area contributed by atoms with E-state index in [4.69, 9.17) is 17.2 Å². The molecule has 0 bridgehead atoms. The van der Waals surface area contributed by atoms with Gasteiger partial charge in [-0.05, 0) is 25.7 Å². The molecule has 0 aromatic carbocycles. The van der Waals surface area contributed by atoms with E-state index in [1.807, 2.05) is 0 Å². The molecular weight excluding hydrogens is 341 g/mol. The summed E-state index contributed by atoms with van der Waals surface area (Å²) in [5.41, 5.74) is 18.2. The molecule has 6 heteroatoms. The summed E-state index contributed by atoms with van der Waals surface area (Å²) in [7, 11) is 0. The Morgan fingerprint density at radius 1 is 1.00 bits per heavy atom. The molecule has 0 amide bonds. The maximum absolute atomic E-state index is 6.12. The molecule has 0 radical (unpaired) electrons. The number of hydrogen-bond acceptors (Lipinski definition) is 5. The van der Waals surface area contributed by atoms with Gasteiger partial charge >= 0.3 is 0 Å². The second-order valence-corrected chi connectivity index (χ2v) is 7.29. The number of nitrogens with two attached hydrogens (primary N) is 3. The van der Waals surface area contributed by atoms with Crippen LogP contribution in [0.2, 0.25) is 0 Å². The minimum Gasteiger partial charge on any atom is -0.326 e. The zero-order chi connectivity index (χ0) is 13.3. The van der Waals surface area contributed by atoms with Gasteiger partial charge < -0.3 is 17.2 Å². The standard InChI is InChI=1S/C12H26IN5/c1-8-9(2-10(14)7-18(8)13)4-17-5-11(15)3-12(16)6-17/h8-12H,2-7,14-16H2,1H3/t8-,9?,10+,11?,12?/m0/s1. The Balaban J connectivity index is 1.91. The van der Waals surface area contributed by atoms with Crippen LogP contribution >= 0.6 is 22.9 Å². The molecule has 0 aliphatic carbocycles. The lowest BCUT2D eigenvalue weighted by molar-refractivity contribution is 0.111. The van der Waals surface area contributed by atoms with Gasteiger partial charge in [0, 0.05) is 73.2 Å². The summed E-state index contributed by atoms with van der Waals surface area (Å²) in [5, 5.41) is 0. The van der Waals surface area contributed by atoms with Gasteiger partial charge in [0.2, 0.25) is 0 Å². The quantitative estimate of drug-likeness (QED) is 0.463. The van der Waals surface area contributed by atoms with E-state index in [0.29, 0.717) is 18.0 Å². The van der Waals surface area contributed by atoms with Gasteiger partial charge in [-0.15, -0.1) is 0 Å². The molecule has 0 aromatic rings. The highest BCUT2D eigenvalue weighted by molar-refractivity contribution is 14.1. The number of likely N-dealkylation sites (tertiary alicyclic amines) is 1. The fourth-order valence-corrected chi connectivity index (χ4v) is 4.22. The summed E-state index contributed by atoms with van der Waals surface area (Å²) in [5.74, 6) is 0.628. The molecule has 0 saturated carbocycles. The summed E-state index contributed by atoms with van der Waals surface area (Å²) in [6.07, 6.45) is 2.07. The third kappa shape index (κ3) is 3.77. The SMILES string of the molecule is C[C@H]1C(CN2CC(N)CC(N)C2)C[C@@H](N)CN1I. The van der Waals surface area contributed by atoms with Crippen LogP contribution in [0, 0.1) is 5.92 Å². The third-order valence-corrected chi connectivity index (χ3v) is 5.49. The van der Waals surface area contributed by atoms with E-state index in [1.54, 1.807) is 0 Å². The van der Waals surface area contributed by atoms with Crippen LogP contribution in [-0.4, -0.2) is 58.4 Å². The summed E-state index contributed by atoms with van der Waals surface area (Å²) in [4.78, 5) is 2.43. The Bertz CT molecular complexity index is 267. The summed E-state index contributed by atoms with van der Waals surface area (Å²) in [6.45, 7) is 6.33. The van der Waals surface area contributed by atoms with Crippen LogP contribution in [0.5, 0.6) is 0 Å². The minimum absolute atomic E-state index is 0.233. The third-order valence-electron chi connectivity index (χ3n) is 4.22. The fraction of sp³-hybridized carbons (Fsp3) is 1.00. The Morgan fingerprint density at radius 2 is 1.56 bits per heavy atom. The van der Waals surface area contributed by atoms with Crippen LogP contribution in [0.3, 0.4) is 0 Å². The van der Waals surface area contributed by atoms with Crippen LogP contribution in [0.4, 0.5) is 0 Å². The number of nitrogens with zero attached hydrogens (tertiary/aromatic N) is 2. The Kier molecular flexibility index (Phi) is 5.24. The predicted octanol–water partition coefficient (Wildman–Crippen LogP) is -0.266. The molecule has 2 aliphatic rings. The molecule has 2 aliphatic heterocycles. The summed E-state index contributed by atoms with van der Waals surface area (Å²) >= 11 is 2.40. The van der Waals surface area contributed by atoms with E-state index >= 15 is 0 Å². The molecular formula is C12H26IN5. The van der Waals surface area contributed by atoms with Gasteiger partial charge in [0.25, 0.3) is 0 Å². The smallest absolute Gasteiger partial charge is 0.0236 e. The molecule has 2 rings (SSSR count). The van der Waals surface area contributed by atoms with E-state index in [2.05, 4.69) is 37.8 Å². The first-order valence-corrected chi connectivity index (χ1v) is 7.83. The van der Waals surface area contributed by atoms with Gasteiger partial charge in [-0.1, -0.05) is 0 Å². The average molecular weight is 367 g/mol. The van der Waals surface area contributed by atoms with Crippen molar-refractivity contribution in [1.82, 2.24) is 8.01 Å². The van der Waals surface area contributed by atoms with E-state index in [9.17, 15) is 0 Å². The van der Waals surface area contributed by atoms with Crippen molar-refractivity contribution >= 4 is 22.9 Å². The number of piperidine rings is 2. The predicted molar refractivity (Wildman–Crippen MR) is 83.3 cm³/mol. The highest BCUT2D eigenvalue weighted by atomic mass is 127. The van der Waals surface area contributed by atoms with E-state index in [1.165, 1.54) is 0 Å². The zero-order valence-electron chi connectivity index (χ0n) is 11.1. The van der Waals surface area contributed by atoms with Gasteiger partial charge in [0.15, 0.2) is 0 Å². The first-order chi connectivity index (χ1) is 8.45. The lowest BCUT2D eigenvalue weighted by Gasteiger charge is -2.43. The van der Waals surface area contributed by atoms with Crippen molar-refractivity contribution in [3.63, 3.8) is 0 Å². The van der Waals surface area contributed by atoms with Crippen LogP contribution in [-0.2, 0) is 0 Å². The van der Waals surface area contributed by atoms with Crippen molar-refractivity contribution in [3.05, 3.63) is 0 Å². The van der Waals surface area contributed by atoms with Gasteiger partial charge in [0.05, 0.1) is 0 Å². The van der Waals surface area contributed by atoms with Crippen LogP contribution in [0.1, 0.15) is 19.8 Å². The molecule has 2 fully saturated rings. The van der Waals surface area contributed by atoms with E-state index in [-0.39, 0.29) is 12.1 Å². The fourth-order valence-electron chi connectivity index (χ4n) is 3.26. The molecule has 2 saturated heterocycles. The molecule has 5 atom stereocenters. The first-order valence-electron chi connectivity index (χ1n) is 6.87. The molecule has 3 unspecified atom stereocenters. The molecule has 0 aromatic heterocycles. The Hall–Kier alpha value is 0.530. The largest absolute Gasteiger partial charge is 0.326 e. The van der Waals surface area contributed by atoms with Gasteiger partial charge in [0.1, 0.15) is 0 Å². The maximum Gasteiger partial charge on any atom is 0.0236 e. The highest BCUT2D eigenvalue weighted by Gasteiger charge is 2.33. The van der Waals surface area contributed by atoms with Crippen LogP contribution in [0.25, 0.3) is 0 Å². The number of rotatable bonds is 2. The summed E-state index contributed by atoms with van der Waals surface area (Å²) < 4.78 is 2.35. The monoisotopic (exact) mass is 367 g/mol. The van der Waals surface area contributed by atoms with E-state index < -0.39 is 0 Å². The van der Waals surface area contributed by atoms with Crippen molar-refractivity contribution < 1.29 is 0 Å². The van der Waals surface area contributed by atoms with Crippen molar-refractivity contribution in [2.24, 2.45) is 23.1 Å². The van der Waals surface area contributed by atoms with Crippen LogP contribution < -0.4 is 17.2 Å². The molecule has 0 spiro atoms. The lowest BCUT2D eigenvalue weighted by Crippen LogP contribution is -2.56. The second-order valence-electron chi connectivity index (χ2n) is 6.05. The van der Waals surface area contributed by atoms with Crippen molar-refractivity contribution in [2.45, 2.75) is 43.9 Å². The number of hydrogen-bond donors (Lipinski definition) is 3. The first kappa shape index (κ1) is 14.9. The van der Waals surface area contributed by atoms with Gasteiger partial charge in [-0.3, -0.25) is 4.90 Å². The molecule has 2 heterocycles. The highest BCUT2D eigenvalue weighted by Crippen LogP contribution is 2.27. The minimum atomic E-state index is 0.233. The van der Waals surface area contributed by atoms with Gasteiger partial charge in [-0.2, -0.15) is 0 Å². The normalized spacial score (nSPS) is 44.2. The molecule has 18 heavy (non-hydrogen) atoms. The van der Waals surface area contributed by atoms with Crippen molar-refractivity contribution in [2.75, 3.05) is 26.2 Å². The maximum atomic E-state index is 6.12. The zero-order valence-corrected chi connectivity index (χ0v) is 13.3. The molecule has 6 N–H and O–H groups in total. The topological polar surface area (TPSA) is 84.5 Å². The van der Waals surface area contributed by atoms with Crippen molar-refractivity contribution in [1.29, 1.82) is 0 Å². The second kappa shape index (κ2) is 6.32. The van der Waals surface area contributed by atoms with Crippen LogP contribution in [0.15, 0.2) is 0 Å². The molecule has 5 nitrogen and oxygen atoms in total. The Morgan fingerprint density at radius 3 is 2.17 bits per heavy atom.